The third-order valence-electron chi connectivity index (χ3n) is 7.60. The molecule has 248 valence electrons. The lowest BCUT2D eigenvalue weighted by molar-refractivity contribution is -0.121. The molecule has 0 bridgehead atoms. The number of anilines is 1. The minimum atomic E-state index is -3.96. The molecule has 0 aliphatic rings. The van der Waals surface area contributed by atoms with Gasteiger partial charge in [0.05, 0.1) is 26.5 Å². The number of nitrogens with zero attached hydrogens (tertiary/aromatic N) is 2. The molecule has 0 radical (unpaired) electrons. The number of aromatic nitrogens is 1. The largest absolute Gasteiger partial charge is 0.383 e. The Morgan fingerprint density at radius 3 is 2.22 bits per heavy atom. The molecule has 4 aromatic rings. The van der Waals surface area contributed by atoms with Crippen LogP contribution in [0.2, 0.25) is 10.0 Å². The maximum atomic E-state index is 13.6. The van der Waals surface area contributed by atoms with Gasteiger partial charge in [-0.1, -0.05) is 79.5 Å². The summed E-state index contributed by atoms with van der Waals surface area (Å²) in [6, 6.07) is 21.6. The summed E-state index contributed by atoms with van der Waals surface area (Å²) in [5, 5.41) is 6.76. The predicted octanol–water partition coefficient (Wildman–Crippen LogP) is 8.12. The summed E-state index contributed by atoms with van der Waals surface area (Å²) in [5.41, 5.74) is 4.15. The fourth-order valence-corrected chi connectivity index (χ4v) is 7.18. The van der Waals surface area contributed by atoms with Crippen molar-refractivity contribution in [1.29, 1.82) is 0 Å². The summed E-state index contributed by atoms with van der Waals surface area (Å²) in [6.07, 6.45) is 4.22. The molecule has 0 saturated carbocycles. The highest BCUT2D eigenvalue weighted by Gasteiger charge is 2.25. The number of carbonyl (C=O) groups is 1. The van der Waals surface area contributed by atoms with Gasteiger partial charge in [0.15, 0.2) is 0 Å². The van der Waals surface area contributed by atoms with Crippen molar-refractivity contribution in [1.82, 2.24) is 15.2 Å². The molecular weight excluding hydrogens is 686 g/mol. The summed E-state index contributed by atoms with van der Waals surface area (Å²) in [5.74, 6) is -0.166. The van der Waals surface area contributed by atoms with E-state index in [-0.39, 0.29) is 64.5 Å². The highest BCUT2D eigenvalue weighted by atomic mass is 35.5. The van der Waals surface area contributed by atoms with E-state index < -0.39 is 9.84 Å². The molecule has 1 amide bonds. The van der Waals surface area contributed by atoms with Crippen LogP contribution in [0.25, 0.3) is 0 Å². The molecule has 1 atom stereocenters. The van der Waals surface area contributed by atoms with Gasteiger partial charge in [-0.15, -0.1) is 24.8 Å². The van der Waals surface area contributed by atoms with E-state index in [1.54, 1.807) is 37.5 Å². The van der Waals surface area contributed by atoms with Gasteiger partial charge < -0.3 is 10.6 Å². The average molecular weight is 727 g/mol. The first kappa shape index (κ1) is 39.3. The van der Waals surface area contributed by atoms with E-state index in [0.29, 0.717) is 22.7 Å². The van der Waals surface area contributed by atoms with Crippen LogP contribution in [-0.2, 0) is 27.6 Å². The fraction of sp³-hybridized carbons (Fsp3) is 0.294. The molecular formula is C34H40Cl4N4O3S. The van der Waals surface area contributed by atoms with Gasteiger partial charge in [0.25, 0.3) is 0 Å². The van der Waals surface area contributed by atoms with E-state index in [1.807, 2.05) is 12.1 Å². The third kappa shape index (κ3) is 10.1. The van der Waals surface area contributed by atoms with Gasteiger partial charge in [-0.2, -0.15) is 0 Å². The molecule has 0 spiro atoms. The SMILES string of the molecule is CCN(CC)Cc1ccc(CC(NC(=O)CCNc2ccccc2S(=O)(=O)c2ccc(Cl)c(C)c2Cl)c2cccnc2)cc1.Cl.Cl. The Bertz CT molecular complexity index is 1670. The average Bonchev–Trinajstić information content (AvgIpc) is 3.03. The molecule has 0 fully saturated rings. The molecule has 7 nitrogen and oxygen atoms in total. The first-order valence-electron chi connectivity index (χ1n) is 14.7. The lowest BCUT2D eigenvalue weighted by atomic mass is 9.99. The number of pyridine rings is 1. The monoisotopic (exact) mass is 724 g/mol. The smallest absolute Gasteiger partial charge is 0.222 e. The van der Waals surface area contributed by atoms with E-state index in [9.17, 15) is 13.2 Å². The predicted molar refractivity (Wildman–Crippen MR) is 193 cm³/mol. The maximum Gasteiger partial charge on any atom is 0.222 e. The number of carbonyl (C=O) groups excluding carboxylic acids is 1. The van der Waals surface area contributed by atoms with Crippen molar-refractivity contribution < 1.29 is 13.2 Å². The Kier molecular flexibility index (Phi) is 15.8. The Hall–Kier alpha value is -2.85. The van der Waals surface area contributed by atoms with Crippen molar-refractivity contribution in [2.75, 3.05) is 25.0 Å². The van der Waals surface area contributed by atoms with Crippen LogP contribution in [0.15, 0.2) is 95.0 Å². The third-order valence-corrected chi connectivity index (χ3v) is 10.5. The van der Waals surface area contributed by atoms with Gasteiger partial charge in [-0.3, -0.25) is 14.7 Å². The topological polar surface area (TPSA) is 91.4 Å². The molecule has 2 N–H and O–H groups in total. The Morgan fingerprint density at radius 1 is 0.891 bits per heavy atom. The zero-order valence-electron chi connectivity index (χ0n) is 26.0. The van der Waals surface area contributed by atoms with Crippen LogP contribution >= 0.6 is 48.0 Å². The Balaban J connectivity index is 0.00000368. The van der Waals surface area contributed by atoms with Gasteiger partial charge in [-0.05, 0) is 79.0 Å². The van der Waals surface area contributed by atoms with Crippen LogP contribution < -0.4 is 10.6 Å². The van der Waals surface area contributed by atoms with Gasteiger partial charge in [-0.25, -0.2) is 8.42 Å². The quantitative estimate of drug-likeness (QED) is 0.137. The second-order valence-corrected chi connectivity index (χ2v) is 13.2. The van der Waals surface area contributed by atoms with Gasteiger partial charge in [0.2, 0.25) is 15.7 Å². The van der Waals surface area contributed by atoms with Gasteiger partial charge in [0, 0.05) is 36.9 Å². The summed E-state index contributed by atoms with van der Waals surface area (Å²) >= 11 is 12.5. The molecule has 1 heterocycles. The summed E-state index contributed by atoms with van der Waals surface area (Å²) in [6.45, 7) is 9.12. The fourth-order valence-electron chi connectivity index (χ4n) is 4.94. The second kappa shape index (κ2) is 18.5. The highest BCUT2D eigenvalue weighted by Crippen LogP contribution is 2.35. The van der Waals surface area contributed by atoms with Crippen molar-refractivity contribution in [3.05, 3.63) is 117 Å². The molecule has 3 aromatic carbocycles. The summed E-state index contributed by atoms with van der Waals surface area (Å²) < 4.78 is 27.1. The Morgan fingerprint density at radius 2 is 1.57 bits per heavy atom. The van der Waals surface area contributed by atoms with Crippen LogP contribution in [0.4, 0.5) is 5.69 Å². The van der Waals surface area contributed by atoms with Crippen LogP contribution in [-0.4, -0.2) is 43.8 Å². The van der Waals surface area contributed by atoms with Gasteiger partial charge in [0.1, 0.15) is 0 Å². The number of hydrogen-bond donors (Lipinski definition) is 2. The number of benzene rings is 3. The molecule has 1 unspecified atom stereocenters. The van der Waals surface area contributed by atoms with Crippen molar-refractivity contribution in [2.45, 2.75) is 56.0 Å². The van der Waals surface area contributed by atoms with E-state index in [1.165, 1.54) is 23.8 Å². The first-order chi connectivity index (χ1) is 21.1. The van der Waals surface area contributed by atoms with Crippen LogP contribution in [0.1, 0.15) is 48.6 Å². The normalized spacial score (nSPS) is 11.7. The summed E-state index contributed by atoms with van der Waals surface area (Å²) in [4.78, 5) is 19.8. The number of amides is 1. The highest BCUT2D eigenvalue weighted by molar-refractivity contribution is 7.91. The lowest BCUT2D eigenvalue weighted by Crippen LogP contribution is -2.31. The zero-order valence-corrected chi connectivity index (χ0v) is 30.0. The Labute approximate surface area is 294 Å². The molecule has 0 saturated heterocycles. The molecule has 1 aromatic heterocycles. The van der Waals surface area contributed by atoms with E-state index in [2.05, 4.69) is 58.6 Å². The molecule has 4 rings (SSSR count). The van der Waals surface area contributed by atoms with E-state index in [0.717, 1.165) is 30.8 Å². The molecule has 12 heteroatoms. The zero-order chi connectivity index (χ0) is 31.7. The molecule has 0 aliphatic heterocycles. The number of nitrogens with one attached hydrogen (secondary N) is 2. The van der Waals surface area contributed by atoms with E-state index in [4.69, 9.17) is 23.2 Å². The van der Waals surface area contributed by atoms with Crippen LogP contribution in [0, 0.1) is 6.92 Å². The standard InChI is InChI=1S/C34H38Cl2N4O3S.2ClH/c1-4-40(5-2)23-26-14-12-25(13-15-26)21-30(27-9-8-19-37-22-27)39-33(41)18-20-38-29-10-6-7-11-31(29)44(42,43)32-17-16-28(35)24(3)34(32)36;;/h6-17,19,22,30,38H,4-5,18,20-21,23H2,1-3H3,(H,39,41);2*1H. The van der Waals surface area contributed by atoms with Gasteiger partial charge >= 0.3 is 0 Å². The second-order valence-electron chi connectivity index (χ2n) is 10.5. The first-order valence-corrected chi connectivity index (χ1v) is 16.9. The van der Waals surface area contributed by atoms with Crippen molar-refractivity contribution in [3.8, 4) is 0 Å². The number of sulfone groups is 1. The lowest BCUT2D eigenvalue weighted by Gasteiger charge is -2.21. The van der Waals surface area contributed by atoms with Crippen molar-refractivity contribution in [3.63, 3.8) is 0 Å². The number of para-hydroxylation sites is 1. The number of halogens is 4. The van der Waals surface area contributed by atoms with Crippen LogP contribution in [0.3, 0.4) is 0 Å². The maximum absolute atomic E-state index is 13.6. The van der Waals surface area contributed by atoms with Crippen molar-refractivity contribution in [2.24, 2.45) is 0 Å². The molecule has 46 heavy (non-hydrogen) atoms. The molecule has 0 aliphatic carbocycles. The number of rotatable bonds is 14. The van der Waals surface area contributed by atoms with Crippen LogP contribution in [0.5, 0.6) is 0 Å². The minimum absolute atomic E-state index is 0. The van der Waals surface area contributed by atoms with E-state index >= 15 is 0 Å². The minimum Gasteiger partial charge on any atom is -0.383 e. The summed E-state index contributed by atoms with van der Waals surface area (Å²) in [7, 11) is -3.96. The van der Waals surface area contributed by atoms with Crippen molar-refractivity contribution >= 4 is 69.4 Å². The number of hydrogen-bond acceptors (Lipinski definition) is 6.